The van der Waals surface area contributed by atoms with E-state index < -0.39 is 5.91 Å². The second-order valence-corrected chi connectivity index (χ2v) is 10.2. The molecule has 2 aromatic rings. The summed E-state index contributed by atoms with van der Waals surface area (Å²) in [7, 11) is 0. The summed E-state index contributed by atoms with van der Waals surface area (Å²) in [6.07, 6.45) is 7.31. The second kappa shape index (κ2) is 11.8. The van der Waals surface area contributed by atoms with Crippen molar-refractivity contribution >= 4 is 17.6 Å². The molecule has 0 atom stereocenters. The number of amides is 2. The van der Waals surface area contributed by atoms with Crippen molar-refractivity contribution in [1.29, 1.82) is 0 Å². The summed E-state index contributed by atoms with van der Waals surface area (Å²) >= 11 is 0. The highest BCUT2D eigenvalue weighted by atomic mass is 19.1. The summed E-state index contributed by atoms with van der Waals surface area (Å²) in [4.78, 5) is 42.0. The molecule has 2 aliphatic rings. The van der Waals surface area contributed by atoms with E-state index in [1.54, 1.807) is 25.1 Å². The molecule has 1 aromatic carbocycles. The lowest BCUT2D eigenvalue weighted by atomic mass is 9.86. The van der Waals surface area contributed by atoms with E-state index in [1.807, 2.05) is 9.47 Å². The molecule has 1 saturated heterocycles. The third-order valence-electron chi connectivity index (χ3n) is 7.74. The van der Waals surface area contributed by atoms with E-state index in [-0.39, 0.29) is 24.1 Å². The van der Waals surface area contributed by atoms with Crippen LogP contribution >= 0.6 is 0 Å². The number of nitrogens with two attached hydrogens (primary N) is 1. The second-order valence-electron chi connectivity index (χ2n) is 10.2. The van der Waals surface area contributed by atoms with Crippen LogP contribution in [0.2, 0.25) is 0 Å². The van der Waals surface area contributed by atoms with E-state index in [0.717, 1.165) is 18.4 Å². The van der Waals surface area contributed by atoms with Gasteiger partial charge in [0.25, 0.3) is 5.91 Å². The van der Waals surface area contributed by atoms with Crippen LogP contribution in [0.15, 0.2) is 30.3 Å². The molecule has 0 spiro atoms. The number of halogens is 1. The zero-order valence-electron chi connectivity index (χ0n) is 21.2. The van der Waals surface area contributed by atoms with Crippen molar-refractivity contribution in [3.05, 3.63) is 58.7 Å². The number of Topliss-reactive ketones (excluding diaryl/α,β-unsaturated/α-hetero) is 1. The first-order valence-corrected chi connectivity index (χ1v) is 13.1. The number of ketones is 1. The maximum Gasteiger partial charge on any atom is 0.250 e. The molecule has 2 heterocycles. The molecule has 4 rings (SSSR count). The molecule has 0 bridgehead atoms. The first-order valence-electron chi connectivity index (χ1n) is 13.1. The summed E-state index contributed by atoms with van der Waals surface area (Å²) in [6, 6.07) is 7.87. The molecule has 1 aliphatic carbocycles. The molecule has 1 aromatic heterocycles. The zero-order chi connectivity index (χ0) is 25.7. The highest BCUT2D eigenvalue weighted by molar-refractivity contribution is 6.01. The van der Waals surface area contributed by atoms with E-state index >= 15 is 0 Å². The normalized spacial score (nSPS) is 17.3. The van der Waals surface area contributed by atoms with Crippen molar-refractivity contribution in [3.8, 4) is 0 Å². The van der Waals surface area contributed by atoms with Gasteiger partial charge in [-0.05, 0) is 55.9 Å². The lowest BCUT2D eigenvalue weighted by Gasteiger charge is -2.35. The standard InChI is InChI=1S/C28H37FN4O3/c1-20-24(28(30)36)18-25(33(20)12-11-21-7-9-23(29)10-8-21)26(34)19-31-13-15-32(16-14-31)27(35)17-22-5-3-2-4-6-22/h7-10,18,22H,2-6,11-17,19H2,1H3,(H2,30,36). The Hall–Kier alpha value is -3.00. The SMILES string of the molecule is Cc1c(C(N)=O)cc(C(=O)CN2CCN(C(=O)CC3CCCCC3)CC2)n1CCc1ccc(F)cc1. The molecule has 0 unspecified atom stereocenters. The number of aryl methyl sites for hydroxylation is 1. The van der Waals surface area contributed by atoms with Crippen LogP contribution in [0.1, 0.15) is 70.6 Å². The van der Waals surface area contributed by atoms with Gasteiger partial charge in [-0.2, -0.15) is 0 Å². The quantitative estimate of drug-likeness (QED) is 0.538. The maximum atomic E-state index is 13.3. The van der Waals surface area contributed by atoms with E-state index in [2.05, 4.69) is 4.90 Å². The third-order valence-corrected chi connectivity index (χ3v) is 7.74. The molecular weight excluding hydrogens is 459 g/mol. The fraction of sp³-hybridized carbons (Fsp3) is 0.536. The minimum absolute atomic E-state index is 0.0771. The van der Waals surface area contributed by atoms with Gasteiger partial charge < -0.3 is 15.2 Å². The molecule has 0 radical (unpaired) electrons. The van der Waals surface area contributed by atoms with Gasteiger partial charge in [-0.25, -0.2) is 4.39 Å². The molecule has 2 fully saturated rings. The molecule has 2 amide bonds. The number of piperazine rings is 1. The highest BCUT2D eigenvalue weighted by Gasteiger charge is 2.27. The Morgan fingerprint density at radius 2 is 1.67 bits per heavy atom. The minimum atomic E-state index is -0.563. The van der Waals surface area contributed by atoms with Gasteiger partial charge in [-0.1, -0.05) is 31.4 Å². The molecule has 2 N–H and O–H groups in total. The number of hydrogen-bond acceptors (Lipinski definition) is 4. The van der Waals surface area contributed by atoms with Gasteiger partial charge in [0.05, 0.1) is 17.8 Å². The smallest absolute Gasteiger partial charge is 0.250 e. The molecule has 1 aliphatic heterocycles. The van der Waals surface area contributed by atoms with Gasteiger partial charge in [0.1, 0.15) is 5.82 Å². The van der Waals surface area contributed by atoms with E-state index in [0.29, 0.717) is 68.4 Å². The van der Waals surface area contributed by atoms with Crippen LogP contribution in [-0.2, 0) is 17.8 Å². The molecule has 194 valence electrons. The molecule has 8 heteroatoms. The number of carbonyl (C=O) groups is 3. The van der Waals surface area contributed by atoms with Crippen LogP contribution in [0.25, 0.3) is 0 Å². The summed E-state index contributed by atoms with van der Waals surface area (Å²) in [5.41, 5.74) is 7.96. The molecular formula is C28H37FN4O3. The summed E-state index contributed by atoms with van der Waals surface area (Å²) in [6.45, 7) is 5.07. The number of aromatic nitrogens is 1. The van der Waals surface area contributed by atoms with Crippen LogP contribution < -0.4 is 5.73 Å². The Morgan fingerprint density at radius 3 is 2.31 bits per heavy atom. The van der Waals surface area contributed by atoms with Gasteiger partial charge in [-0.15, -0.1) is 0 Å². The van der Waals surface area contributed by atoms with E-state index in [1.165, 1.54) is 31.4 Å². The zero-order valence-corrected chi connectivity index (χ0v) is 21.2. The number of benzene rings is 1. The van der Waals surface area contributed by atoms with Crippen LogP contribution in [0.3, 0.4) is 0 Å². The average Bonchev–Trinajstić information content (AvgIpc) is 3.21. The van der Waals surface area contributed by atoms with Crippen molar-refractivity contribution < 1.29 is 18.8 Å². The molecule has 36 heavy (non-hydrogen) atoms. The van der Waals surface area contributed by atoms with Gasteiger partial charge in [0, 0.05) is 44.8 Å². The van der Waals surface area contributed by atoms with E-state index in [4.69, 9.17) is 5.73 Å². The predicted molar refractivity (Wildman–Crippen MR) is 136 cm³/mol. The number of carbonyl (C=O) groups excluding carboxylic acids is 3. The Labute approximate surface area is 212 Å². The number of primary amides is 1. The number of rotatable bonds is 9. The lowest BCUT2D eigenvalue weighted by Crippen LogP contribution is -2.50. The van der Waals surface area contributed by atoms with Gasteiger partial charge >= 0.3 is 0 Å². The average molecular weight is 497 g/mol. The highest BCUT2D eigenvalue weighted by Crippen LogP contribution is 2.27. The van der Waals surface area contributed by atoms with Crippen LogP contribution in [0.5, 0.6) is 0 Å². The molecule has 7 nitrogen and oxygen atoms in total. The van der Waals surface area contributed by atoms with Crippen molar-refractivity contribution in [3.63, 3.8) is 0 Å². The summed E-state index contributed by atoms with van der Waals surface area (Å²) in [5, 5.41) is 0. The third kappa shape index (κ3) is 6.40. The number of nitrogens with zero attached hydrogens (tertiary/aromatic N) is 3. The molecule has 1 saturated carbocycles. The van der Waals surface area contributed by atoms with Crippen LogP contribution in [0, 0.1) is 18.7 Å². The van der Waals surface area contributed by atoms with Crippen LogP contribution in [-0.4, -0.2) is 64.7 Å². The topological polar surface area (TPSA) is 88.6 Å². The van der Waals surface area contributed by atoms with Gasteiger partial charge in [0.2, 0.25) is 5.91 Å². The summed E-state index contributed by atoms with van der Waals surface area (Å²) < 4.78 is 15.1. The van der Waals surface area contributed by atoms with Crippen molar-refractivity contribution in [1.82, 2.24) is 14.4 Å². The van der Waals surface area contributed by atoms with Gasteiger partial charge in [0.15, 0.2) is 5.78 Å². The van der Waals surface area contributed by atoms with Crippen molar-refractivity contribution in [2.45, 2.75) is 58.4 Å². The summed E-state index contributed by atoms with van der Waals surface area (Å²) in [5.74, 6) is -0.169. The Kier molecular flexibility index (Phi) is 8.56. The number of hydrogen-bond donors (Lipinski definition) is 1. The Balaban J connectivity index is 1.36. The predicted octanol–water partition coefficient (Wildman–Crippen LogP) is 3.57. The first kappa shape index (κ1) is 26.1. The van der Waals surface area contributed by atoms with E-state index in [9.17, 15) is 18.8 Å². The van der Waals surface area contributed by atoms with Crippen LogP contribution in [0.4, 0.5) is 4.39 Å². The fourth-order valence-electron chi connectivity index (χ4n) is 5.51. The Morgan fingerprint density at radius 1 is 1.00 bits per heavy atom. The largest absolute Gasteiger partial charge is 0.366 e. The first-order chi connectivity index (χ1) is 17.3. The van der Waals surface area contributed by atoms with Crippen molar-refractivity contribution in [2.75, 3.05) is 32.7 Å². The van der Waals surface area contributed by atoms with Crippen molar-refractivity contribution in [2.24, 2.45) is 11.7 Å². The minimum Gasteiger partial charge on any atom is -0.366 e. The Bertz CT molecular complexity index is 1080. The van der Waals surface area contributed by atoms with Gasteiger partial charge in [-0.3, -0.25) is 19.3 Å². The fourth-order valence-corrected chi connectivity index (χ4v) is 5.51. The monoisotopic (exact) mass is 496 g/mol. The lowest BCUT2D eigenvalue weighted by molar-refractivity contribution is -0.134. The maximum absolute atomic E-state index is 13.3.